The van der Waals surface area contributed by atoms with Crippen molar-refractivity contribution in [1.29, 1.82) is 0 Å². The molecule has 1 unspecified atom stereocenters. The van der Waals surface area contributed by atoms with Gasteiger partial charge < -0.3 is 5.32 Å². The lowest BCUT2D eigenvalue weighted by molar-refractivity contribution is 0.0392. The number of likely N-dealkylation sites (N-methyl/N-ethyl adjacent to an activating group) is 1. The van der Waals surface area contributed by atoms with Crippen LogP contribution in [0.1, 0.15) is 55.9 Å². The van der Waals surface area contributed by atoms with Gasteiger partial charge in [-0.2, -0.15) is 0 Å². The second kappa shape index (κ2) is 6.47. The highest BCUT2D eigenvalue weighted by molar-refractivity contribution is 9.10. The molecule has 0 aromatic carbocycles. The third-order valence-corrected chi connectivity index (χ3v) is 7.12. The fourth-order valence-electron chi connectivity index (χ4n) is 4.27. The molecule has 1 N–H and O–H groups in total. The summed E-state index contributed by atoms with van der Waals surface area (Å²) in [6.07, 6.45) is 9.65. The zero-order chi connectivity index (χ0) is 14.0. The van der Waals surface area contributed by atoms with Crippen molar-refractivity contribution < 1.29 is 0 Å². The van der Waals surface area contributed by atoms with E-state index < -0.39 is 0 Å². The highest BCUT2D eigenvalue weighted by Crippen LogP contribution is 2.48. The van der Waals surface area contributed by atoms with Gasteiger partial charge in [0.25, 0.3) is 0 Å². The summed E-state index contributed by atoms with van der Waals surface area (Å²) < 4.78 is 1.28. The van der Waals surface area contributed by atoms with E-state index in [1.165, 1.54) is 67.4 Å². The molecule has 1 saturated carbocycles. The van der Waals surface area contributed by atoms with E-state index >= 15 is 0 Å². The predicted molar refractivity (Wildman–Crippen MR) is 90.4 cm³/mol. The van der Waals surface area contributed by atoms with E-state index in [0.717, 1.165) is 0 Å². The average molecular weight is 357 g/mol. The Balaban J connectivity index is 1.93. The minimum absolute atomic E-state index is 0.350. The van der Waals surface area contributed by atoms with Crippen molar-refractivity contribution in [3.8, 4) is 0 Å². The number of likely N-dealkylation sites (tertiary alicyclic amines) is 1. The Labute approximate surface area is 135 Å². The zero-order valence-electron chi connectivity index (χ0n) is 12.3. The Morgan fingerprint density at radius 3 is 2.45 bits per heavy atom. The van der Waals surface area contributed by atoms with Crippen molar-refractivity contribution in [1.82, 2.24) is 10.2 Å². The van der Waals surface area contributed by atoms with Gasteiger partial charge in [0.1, 0.15) is 0 Å². The van der Waals surface area contributed by atoms with Gasteiger partial charge in [-0.15, -0.1) is 11.3 Å². The van der Waals surface area contributed by atoms with Gasteiger partial charge in [0, 0.05) is 14.9 Å². The van der Waals surface area contributed by atoms with Gasteiger partial charge in [0.05, 0.1) is 6.04 Å². The summed E-state index contributed by atoms with van der Waals surface area (Å²) in [7, 11) is 2.14. The van der Waals surface area contributed by atoms with Crippen LogP contribution in [-0.4, -0.2) is 30.6 Å². The fourth-order valence-corrected chi connectivity index (χ4v) is 6.09. The van der Waals surface area contributed by atoms with E-state index in [0.29, 0.717) is 11.6 Å². The molecule has 1 aromatic rings. The summed E-state index contributed by atoms with van der Waals surface area (Å²) >= 11 is 5.65. The van der Waals surface area contributed by atoms with Crippen LogP contribution >= 0.6 is 27.3 Å². The van der Waals surface area contributed by atoms with Crippen LogP contribution in [0.2, 0.25) is 0 Å². The number of thiophene rings is 1. The Bertz CT molecular complexity index is 433. The summed E-state index contributed by atoms with van der Waals surface area (Å²) in [4.78, 5) is 4.30. The molecule has 0 spiro atoms. The lowest BCUT2D eigenvalue weighted by Gasteiger charge is -2.48. The smallest absolute Gasteiger partial charge is 0.0610 e. The van der Waals surface area contributed by atoms with E-state index in [9.17, 15) is 0 Å². The fraction of sp³-hybridized carbons (Fsp3) is 0.750. The molecule has 20 heavy (non-hydrogen) atoms. The summed E-state index contributed by atoms with van der Waals surface area (Å²) in [5.41, 5.74) is 0.350. The minimum atomic E-state index is 0.350. The molecular formula is C16H25BrN2S. The monoisotopic (exact) mass is 356 g/mol. The van der Waals surface area contributed by atoms with Gasteiger partial charge in [-0.25, -0.2) is 0 Å². The van der Waals surface area contributed by atoms with Crippen molar-refractivity contribution in [3.05, 3.63) is 20.8 Å². The predicted octanol–water partition coefficient (Wildman–Crippen LogP) is 4.57. The molecule has 2 fully saturated rings. The van der Waals surface area contributed by atoms with Crippen LogP contribution in [-0.2, 0) is 0 Å². The molecule has 1 aliphatic heterocycles. The van der Waals surface area contributed by atoms with E-state index in [4.69, 9.17) is 0 Å². The summed E-state index contributed by atoms with van der Waals surface area (Å²) in [6.45, 7) is 2.59. The minimum Gasteiger partial charge on any atom is -0.311 e. The van der Waals surface area contributed by atoms with Crippen molar-refractivity contribution >= 4 is 27.3 Å². The SMILES string of the molecule is CNC(c1sccc1Br)C1(N2CCCCC2)CCCC1. The van der Waals surface area contributed by atoms with E-state index in [1.807, 2.05) is 11.3 Å². The first-order valence-electron chi connectivity index (χ1n) is 7.93. The van der Waals surface area contributed by atoms with Crippen LogP contribution in [0, 0.1) is 0 Å². The summed E-state index contributed by atoms with van der Waals surface area (Å²) in [5.74, 6) is 0. The zero-order valence-corrected chi connectivity index (χ0v) is 14.7. The standard InChI is InChI=1S/C16H25BrN2S/c1-18-15(14-13(17)7-12-20-14)16(8-3-4-9-16)19-10-5-2-6-11-19/h7,12,15,18H,2-6,8-11H2,1H3. The molecule has 1 aliphatic carbocycles. The second-order valence-electron chi connectivity index (χ2n) is 6.21. The van der Waals surface area contributed by atoms with Crippen molar-refractivity contribution in [2.45, 2.75) is 56.5 Å². The largest absolute Gasteiger partial charge is 0.311 e. The number of rotatable bonds is 4. The lowest BCUT2D eigenvalue weighted by Crippen LogP contribution is -2.56. The molecule has 1 atom stereocenters. The van der Waals surface area contributed by atoms with Gasteiger partial charge in [-0.1, -0.05) is 19.3 Å². The molecule has 1 aromatic heterocycles. The van der Waals surface area contributed by atoms with Crippen LogP contribution in [0.25, 0.3) is 0 Å². The molecule has 1 saturated heterocycles. The number of hydrogen-bond acceptors (Lipinski definition) is 3. The third kappa shape index (κ3) is 2.60. The van der Waals surface area contributed by atoms with Gasteiger partial charge in [0.15, 0.2) is 0 Å². The first kappa shape index (κ1) is 15.0. The van der Waals surface area contributed by atoms with Crippen LogP contribution in [0.4, 0.5) is 0 Å². The van der Waals surface area contributed by atoms with Crippen LogP contribution < -0.4 is 5.32 Å². The average Bonchev–Trinajstić information content (AvgIpc) is 3.12. The number of halogens is 1. The number of nitrogens with zero attached hydrogens (tertiary/aromatic N) is 1. The summed E-state index contributed by atoms with van der Waals surface area (Å²) in [6, 6.07) is 2.67. The van der Waals surface area contributed by atoms with E-state index in [-0.39, 0.29) is 0 Å². The Morgan fingerprint density at radius 1 is 1.20 bits per heavy atom. The highest BCUT2D eigenvalue weighted by Gasteiger charge is 2.47. The molecule has 0 amide bonds. The highest BCUT2D eigenvalue weighted by atomic mass is 79.9. The molecule has 3 rings (SSSR count). The molecule has 2 heterocycles. The molecule has 0 bridgehead atoms. The normalized spacial score (nSPS) is 24.9. The number of hydrogen-bond donors (Lipinski definition) is 1. The van der Waals surface area contributed by atoms with Gasteiger partial charge in [0.2, 0.25) is 0 Å². The van der Waals surface area contributed by atoms with Gasteiger partial charge in [-0.3, -0.25) is 4.90 Å². The first-order chi connectivity index (χ1) is 9.78. The Morgan fingerprint density at radius 2 is 1.90 bits per heavy atom. The van der Waals surface area contributed by atoms with Crippen molar-refractivity contribution in [2.24, 2.45) is 0 Å². The molecule has 2 nitrogen and oxygen atoms in total. The summed E-state index contributed by atoms with van der Waals surface area (Å²) in [5, 5.41) is 5.88. The third-order valence-electron chi connectivity index (χ3n) is 5.19. The molecule has 0 radical (unpaired) electrons. The lowest BCUT2D eigenvalue weighted by atomic mass is 9.83. The van der Waals surface area contributed by atoms with Crippen LogP contribution in [0.15, 0.2) is 15.9 Å². The van der Waals surface area contributed by atoms with Crippen molar-refractivity contribution in [2.75, 3.05) is 20.1 Å². The topological polar surface area (TPSA) is 15.3 Å². The number of piperidine rings is 1. The van der Waals surface area contributed by atoms with E-state index in [2.05, 4.69) is 44.6 Å². The van der Waals surface area contributed by atoms with Crippen LogP contribution in [0.3, 0.4) is 0 Å². The Kier molecular flexibility index (Phi) is 4.86. The maximum atomic E-state index is 3.75. The quantitative estimate of drug-likeness (QED) is 0.849. The molecule has 2 aliphatic rings. The van der Waals surface area contributed by atoms with Gasteiger partial charge in [-0.05, 0) is 73.2 Å². The number of nitrogens with one attached hydrogen (secondary N) is 1. The second-order valence-corrected chi connectivity index (χ2v) is 8.01. The van der Waals surface area contributed by atoms with Crippen molar-refractivity contribution in [3.63, 3.8) is 0 Å². The molecular weight excluding hydrogens is 332 g/mol. The van der Waals surface area contributed by atoms with Crippen LogP contribution in [0.5, 0.6) is 0 Å². The molecule has 112 valence electrons. The Hall–Kier alpha value is 0.1000. The molecule has 4 heteroatoms. The maximum absolute atomic E-state index is 3.75. The maximum Gasteiger partial charge on any atom is 0.0610 e. The van der Waals surface area contributed by atoms with E-state index in [1.54, 1.807) is 0 Å². The first-order valence-corrected chi connectivity index (χ1v) is 9.60. The van der Waals surface area contributed by atoms with Gasteiger partial charge >= 0.3 is 0 Å².